The molecular weight excluding hydrogens is 186 g/mol. The van der Waals surface area contributed by atoms with Crippen LogP contribution in [-0.2, 0) is 4.74 Å². The van der Waals surface area contributed by atoms with E-state index in [1.54, 1.807) is 0 Å². The van der Waals surface area contributed by atoms with Gasteiger partial charge in [-0.05, 0) is 38.0 Å². The number of unbranched alkanes of at least 4 members (excludes halogenated alkanes) is 1. The molecule has 1 unspecified atom stereocenters. The molecule has 0 aromatic rings. The molecule has 0 aromatic carbocycles. The minimum Gasteiger partial charge on any atom is -0.381 e. The van der Waals surface area contributed by atoms with E-state index in [1.807, 2.05) is 0 Å². The molecule has 1 rings (SSSR count). The normalized spacial score (nSPS) is 19.6. The van der Waals surface area contributed by atoms with Crippen LogP contribution < -0.4 is 5.73 Å². The van der Waals surface area contributed by atoms with E-state index in [2.05, 4.69) is 6.92 Å². The van der Waals surface area contributed by atoms with E-state index in [-0.39, 0.29) is 0 Å². The van der Waals surface area contributed by atoms with Crippen LogP contribution in [0.15, 0.2) is 0 Å². The maximum absolute atomic E-state index is 6.16. The fourth-order valence-electron chi connectivity index (χ4n) is 2.39. The summed E-state index contributed by atoms with van der Waals surface area (Å²) in [7, 11) is 0. The molecule has 1 aliphatic rings. The van der Waals surface area contributed by atoms with Gasteiger partial charge in [0.1, 0.15) is 0 Å². The molecule has 0 bridgehead atoms. The van der Waals surface area contributed by atoms with E-state index >= 15 is 0 Å². The second-order valence-electron chi connectivity index (χ2n) is 4.82. The van der Waals surface area contributed by atoms with E-state index in [0.29, 0.717) is 6.04 Å². The molecule has 90 valence electrons. The van der Waals surface area contributed by atoms with Crippen LogP contribution in [0.25, 0.3) is 0 Å². The lowest BCUT2D eigenvalue weighted by Crippen LogP contribution is -2.28. The molecule has 1 atom stereocenters. The third-order valence-electron chi connectivity index (χ3n) is 3.47. The van der Waals surface area contributed by atoms with Crippen molar-refractivity contribution in [1.82, 2.24) is 0 Å². The van der Waals surface area contributed by atoms with Crippen molar-refractivity contribution in [2.45, 2.75) is 64.3 Å². The monoisotopic (exact) mass is 213 g/mol. The predicted octanol–water partition coefficient (Wildman–Crippen LogP) is 3.10. The van der Waals surface area contributed by atoms with Crippen molar-refractivity contribution in [3.63, 3.8) is 0 Å². The molecule has 0 radical (unpaired) electrons. The van der Waals surface area contributed by atoms with Gasteiger partial charge in [0, 0.05) is 19.3 Å². The van der Waals surface area contributed by atoms with Gasteiger partial charge < -0.3 is 10.5 Å². The molecule has 0 spiro atoms. The van der Waals surface area contributed by atoms with Crippen LogP contribution in [0, 0.1) is 5.92 Å². The summed E-state index contributed by atoms with van der Waals surface area (Å²) in [5, 5.41) is 0. The Kier molecular flexibility index (Phi) is 7.03. The molecule has 1 saturated carbocycles. The molecule has 0 heterocycles. The van der Waals surface area contributed by atoms with Crippen LogP contribution in [0.1, 0.15) is 58.3 Å². The van der Waals surface area contributed by atoms with Gasteiger partial charge in [0.15, 0.2) is 0 Å². The maximum atomic E-state index is 6.16. The highest BCUT2D eigenvalue weighted by Crippen LogP contribution is 2.28. The quantitative estimate of drug-likeness (QED) is 0.629. The van der Waals surface area contributed by atoms with E-state index < -0.39 is 0 Å². The van der Waals surface area contributed by atoms with Gasteiger partial charge in [-0.2, -0.15) is 0 Å². The third kappa shape index (κ3) is 5.53. The Morgan fingerprint density at radius 3 is 2.53 bits per heavy atom. The van der Waals surface area contributed by atoms with Gasteiger partial charge in [0.2, 0.25) is 0 Å². The molecule has 2 heteroatoms. The number of nitrogens with two attached hydrogens (primary N) is 1. The fourth-order valence-corrected chi connectivity index (χ4v) is 2.39. The van der Waals surface area contributed by atoms with Crippen LogP contribution in [0.4, 0.5) is 0 Å². The Morgan fingerprint density at radius 2 is 1.87 bits per heavy atom. The average molecular weight is 213 g/mol. The Balaban J connectivity index is 1.90. The zero-order chi connectivity index (χ0) is 10.9. The second-order valence-corrected chi connectivity index (χ2v) is 4.82. The fraction of sp³-hybridized carbons (Fsp3) is 1.00. The van der Waals surface area contributed by atoms with Gasteiger partial charge in [0.25, 0.3) is 0 Å². The maximum Gasteiger partial charge on any atom is 0.0466 e. The molecular formula is C13H27NO. The molecule has 0 aromatic heterocycles. The highest BCUT2D eigenvalue weighted by Gasteiger charge is 2.21. The van der Waals surface area contributed by atoms with Crippen LogP contribution >= 0.6 is 0 Å². The molecule has 2 N–H and O–H groups in total. The smallest absolute Gasteiger partial charge is 0.0466 e. The molecule has 15 heavy (non-hydrogen) atoms. The van der Waals surface area contributed by atoms with Crippen molar-refractivity contribution < 1.29 is 4.74 Å². The second kappa shape index (κ2) is 8.12. The summed E-state index contributed by atoms with van der Waals surface area (Å²) in [6.07, 6.45) is 10.2. The highest BCUT2D eigenvalue weighted by atomic mass is 16.5. The van der Waals surface area contributed by atoms with Gasteiger partial charge in [0.05, 0.1) is 0 Å². The number of hydrogen-bond donors (Lipinski definition) is 1. The summed E-state index contributed by atoms with van der Waals surface area (Å²) in [5.41, 5.74) is 6.16. The van der Waals surface area contributed by atoms with Crippen molar-refractivity contribution in [3.8, 4) is 0 Å². The molecule has 0 saturated heterocycles. The van der Waals surface area contributed by atoms with Gasteiger partial charge in [-0.3, -0.25) is 0 Å². The van der Waals surface area contributed by atoms with Crippen molar-refractivity contribution in [3.05, 3.63) is 0 Å². The zero-order valence-electron chi connectivity index (χ0n) is 10.2. The molecule has 1 aliphatic carbocycles. The Labute approximate surface area is 94.6 Å². The summed E-state index contributed by atoms with van der Waals surface area (Å²) in [5.74, 6) is 0.806. The molecule has 0 aliphatic heterocycles. The van der Waals surface area contributed by atoms with Gasteiger partial charge >= 0.3 is 0 Å². The average Bonchev–Trinajstić information content (AvgIpc) is 2.76. The standard InChI is InChI=1S/C13H27NO/c1-2-3-10-15-11-6-9-13(14)12-7-4-5-8-12/h12-13H,2-11,14H2,1H3. The Bertz CT molecular complexity index is 143. The highest BCUT2D eigenvalue weighted by molar-refractivity contribution is 4.77. The lowest BCUT2D eigenvalue weighted by Gasteiger charge is -2.18. The third-order valence-corrected chi connectivity index (χ3v) is 3.47. The lowest BCUT2D eigenvalue weighted by atomic mass is 9.95. The molecule has 0 amide bonds. The first-order chi connectivity index (χ1) is 7.34. The molecule has 2 nitrogen and oxygen atoms in total. The summed E-state index contributed by atoms with van der Waals surface area (Å²) in [6, 6.07) is 0.433. The Morgan fingerprint density at radius 1 is 1.20 bits per heavy atom. The van der Waals surface area contributed by atoms with Crippen molar-refractivity contribution in [2.24, 2.45) is 11.7 Å². The predicted molar refractivity (Wildman–Crippen MR) is 64.9 cm³/mol. The summed E-state index contributed by atoms with van der Waals surface area (Å²) in [4.78, 5) is 0. The van der Waals surface area contributed by atoms with Crippen molar-refractivity contribution >= 4 is 0 Å². The van der Waals surface area contributed by atoms with Crippen molar-refractivity contribution in [2.75, 3.05) is 13.2 Å². The van der Waals surface area contributed by atoms with Crippen LogP contribution in [-0.4, -0.2) is 19.3 Å². The number of hydrogen-bond acceptors (Lipinski definition) is 2. The summed E-state index contributed by atoms with van der Waals surface area (Å²) in [6.45, 7) is 4.02. The Hall–Kier alpha value is -0.0800. The lowest BCUT2D eigenvalue weighted by molar-refractivity contribution is 0.124. The van der Waals surface area contributed by atoms with Gasteiger partial charge in [-0.25, -0.2) is 0 Å². The van der Waals surface area contributed by atoms with E-state index in [1.165, 1.54) is 38.5 Å². The summed E-state index contributed by atoms with van der Waals surface area (Å²) >= 11 is 0. The van der Waals surface area contributed by atoms with E-state index in [4.69, 9.17) is 10.5 Å². The first kappa shape index (κ1) is 13.0. The summed E-state index contributed by atoms with van der Waals surface area (Å²) < 4.78 is 5.53. The van der Waals surface area contributed by atoms with Crippen LogP contribution in [0.3, 0.4) is 0 Å². The first-order valence-corrected chi connectivity index (χ1v) is 6.68. The van der Waals surface area contributed by atoms with E-state index in [9.17, 15) is 0 Å². The largest absolute Gasteiger partial charge is 0.381 e. The first-order valence-electron chi connectivity index (χ1n) is 6.68. The van der Waals surface area contributed by atoms with Crippen LogP contribution in [0.2, 0.25) is 0 Å². The number of ether oxygens (including phenoxy) is 1. The topological polar surface area (TPSA) is 35.2 Å². The molecule has 1 fully saturated rings. The zero-order valence-corrected chi connectivity index (χ0v) is 10.2. The minimum atomic E-state index is 0.433. The van der Waals surface area contributed by atoms with Gasteiger partial charge in [-0.15, -0.1) is 0 Å². The van der Waals surface area contributed by atoms with Gasteiger partial charge in [-0.1, -0.05) is 26.2 Å². The van der Waals surface area contributed by atoms with Crippen LogP contribution in [0.5, 0.6) is 0 Å². The number of rotatable bonds is 8. The SMILES string of the molecule is CCCCOCCCC(N)C1CCCC1. The van der Waals surface area contributed by atoms with E-state index in [0.717, 1.165) is 32.0 Å². The van der Waals surface area contributed by atoms with Crippen molar-refractivity contribution in [1.29, 1.82) is 0 Å². The minimum absolute atomic E-state index is 0.433.